The Labute approximate surface area is 172 Å². The quantitative estimate of drug-likeness (QED) is 0.126. The average Bonchev–Trinajstić information content (AvgIpc) is 2.91. The van der Waals surface area contributed by atoms with Gasteiger partial charge in [0.15, 0.2) is 5.96 Å². The van der Waals surface area contributed by atoms with Gasteiger partial charge in [0, 0.05) is 24.9 Å². The molecule has 7 N–H and O–H groups in total. The molecule has 0 bridgehead atoms. The molecule has 1 fully saturated rings. The summed E-state index contributed by atoms with van der Waals surface area (Å²) in [6.45, 7) is 5.35. The minimum atomic E-state index is -1.11. The van der Waals surface area contributed by atoms with E-state index in [1.807, 2.05) is 13.8 Å². The van der Waals surface area contributed by atoms with E-state index in [9.17, 15) is 19.5 Å². The fourth-order valence-electron chi connectivity index (χ4n) is 3.98. The number of nitrogens with one attached hydrogen (secondary N) is 4. The third kappa shape index (κ3) is 6.11. The van der Waals surface area contributed by atoms with Gasteiger partial charge in [-0.2, -0.15) is 0 Å². The minimum Gasteiger partial charge on any atom is -0.481 e. The van der Waals surface area contributed by atoms with Crippen molar-refractivity contribution >= 4 is 46.8 Å². The van der Waals surface area contributed by atoms with Crippen LogP contribution in [-0.4, -0.2) is 47.2 Å². The Bertz CT molecular complexity index is 571. The Hall–Kier alpha value is -1.79. The monoisotopic (exact) mass is 497 g/mol. The van der Waals surface area contributed by atoms with E-state index in [1.165, 1.54) is 6.92 Å². The fraction of sp³-hybridized carbons (Fsp3) is 0.750. The van der Waals surface area contributed by atoms with E-state index in [-0.39, 0.29) is 24.2 Å². The molecule has 2 amide bonds. The zero-order valence-electron chi connectivity index (χ0n) is 15.6. The van der Waals surface area contributed by atoms with E-state index in [2.05, 4.69) is 14.2 Å². The standard InChI is InChI=1S/C16H28IN5O5/c1-4-8(5-2)12(20-7(3)23)11-10(21-15(18)19)6-9(14(24)25)13(11)27-16(26)22-17/h8-13H,4-6H2,1-3H3,(H,20,23)(H,22,26)(H,24,25)(H4,18,19,21)/t9-,10+,11+,12+,13+/m0/s1. The number of nitrogens with two attached hydrogens (primary N) is 1. The van der Waals surface area contributed by atoms with E-state index in [0.717, 1.165) is 12.8 Å². The molecule has 11 heteroatoms. The van der Waals surface area contributed by atoms with Crippen LogP contribution in [0.4, 0.5) is 4.79 Å². The molecule has 0 aromatic heterocycles. The zero-order valence-corrected chi connectivity index (χ0v) is 17.8. The minimum absolute atomic E-state index is 0.0384. The number of halogens is 1. The second-order valence-corrected chi connectivity index (χ2v) is 7.23. The number of ether oxygens (including phenoxy) is 1. The van der Waals surface area contributed by atoms with Crippen LogP contribution >= 0.6 is 22.9 Å². The number of amides is 2. The predicted molar refractivity (Wildman–Crippen MR) is 107 cm³/mol. The third-order valence-electron chi connectivity index (χ3n) is 5.07. The van der Waals surface area contributed by atoms with Gasteiger partial charge in [0.25, 0.3) is 0 Å². The van der Waals surface area contributed by atoms with Gasteiger partial charge in [-0.3, -0.25) is 18.5 Å². The molecule has 0 spiro atoms. The smallest absolute Gasteiger partial charge is 0.416 e. The molecule has 27 heavy (non-hydrogen) atoms. The van der Waals surface area contributed by atoms with Crippen LogP contribution in [0.25, 0.3) is 0 Å². The van der Waals surface area contributed by atoms with Crippen molar-refractivity contribution < 1.29 is 24.2 Å². The molecule has 1 saturated carbocycles. The summed E-state index contributed by atoms with van der Waals surface area (Å²) in [5, 5.41) is 22.9. The summed E-state index contributed by atoms with van der Waals surface area (Å²) >= 11 is 1.61. The van der Waals surface area contributed by atoms with E-state index in [1.54, 1.807) is 22.9 Å². The van der Waals surface area contributed by atoms with Crippen molar-refractivity contribution in [2.75, 3.05) is 0 Å². The lowest BCUT2D eigenvalue weighted by molar-refractivity contribution is -0.145. The second-order valence-electron chi connectivity index (χ2n) is 6.69. The number of carboxylic acids is 1. The summed E-state index contributed by atoms with van der Waals surface area (Å²) in [4.78, 5) is 35.5. The van der Waals surface area contributed by atoms with Gasteiger partial charge in [-0.05, 0) is 12.3 Å². The predicted octanol–water partition coefficient (Wildman–Crippen LogP) is 0.944. The van der Waals surface area contributed by atoms with Crippen molar-refractivity contribution in [2.45, 2.75) is 58.2 Å². The first kappa shape index (κ1) is 23.2. The fourth-order valence-corrected chi connectivity index (χ4v) is 4.11. The van der Waals surface area contributed by atoms with Crippen LogP contribution < -0.4 is 19.9 Å². The van der Waals surface area contributed by atoms with Crippen LogP contribution in [0.1, 0.15) is 40.0 Å². The summed E-state index contributed by atoms with van der Waals surface area (Å²) in [5.74, 6) is -3.17. The Morgan fingerprint density at radius 2 is 1.93 bits per heavy atom. The lowest BCUT2D eigenvalue weighted by Gasteiger charge is -2.37. The lowest BCUT2D eigenvalue weighted by Crippen LogP contribution is -2.55. The van der Waals surface area contributed by atoms with Crippen molar-refractivity contribution in [3.8, 4) is 0 Å². The van der Waals surface area contributed by atoms with Crippen LogP contribution in [-0.2, 0) is 14.3 Å². The number of carbonyl (C=O) groups is 3. The summed E-state index contributed by atoms with van der Waals surface area (Å²) in [6, 6.07) is -0.973. The molecule has 5 atom stereocenters. The molecule has 0 heterocycles. The highest BCUT2D eigenvalue weighted by Gasteiger charge is 2.53. The summed E-state index contributed by atoms with van der Waals surface area (Å²) in [6.07, 6.45) is -0.130. The zero-order chi connectivity index (χ0) is 20.7. The van der Waals surface area contributed by atoms with Crippen LogP contribution in [0.5, 0.6) is 0 Å². The maximum Gasteiger partial charge on any atom is 0.416 e. The molecule has 1 rings (SSSR count). The molecule has 1 aliphatic carbocycles. The first-order chi connectivity index (χ1) is 12.7. The molecular weight excluding hydrogens is 469 g/mol. The van der Waals surface area contributed by atoms with Gasteiger partial charge in [0.2, 0.25) is 5.91 Å². The first-order valence-corrected chi connectivity index (χ1v) is 9.91. The summed E-state index contributed by atoms with van der Waals surface area (Å²) < 4.78 is 7.73. The van der Waals surface area contributed by atoms with Gasteiger partial charge in [-0.25, -0.2) is 4.79 Å². The molecule has 0 saturated heterocycles. The van der Waals surface area contributed by atoms with E-state index >= 15 is 0 Å². The molecule has 10 nitrogen and oxygen atoms in total. The van der Waals surface area contributed by atoms with E-state index in [0.29, 0.717) is 0 Å². The number of aliphatic carboxylic acids is 1. The Morgan fingerprint density at radius 3 is 2.33 bits per heavy atom. The van der Waals surface area contributed by atoms with Gasteiger partial charge < -0.3 is 26.2 Å². The molecule has 1 aliphatic rings. The molecule has 0 unspecified atom stereocenters. The highest BCUT2D eigenvalue weighted by molar-refractivity contribution is 14.1. The van der Waals surface area contributed by atoms with Crippen molar-refractivity contribution in [1.82, 2.24) is 14.2 Å². The van der Waals surface area contributed by atoms with Gasteiger partial charge in [-0.15, -0.1) is 0 Å². The summed E-state index contributed by atoms with van der Waals surface area (Å²) in [5.41, 5.74) is 5.49. The van der Waals surface area contributed by atoms with Gasteiger partial charge in [0.05, 0.1) is 28.8 Å². The number of hydrogen-bond donors (Lipinski definition) is 6. The largest absolute Gasteiger partial charge is 0.481 e. The molecule has 0 aliphatic heterocycles. The van der Waals surface area contributed by atoms with Crippen molar-refractivity contribution in [2.24, 2.45) is 23.5 Å². The Balaban J connectivity index is 3.39. The van der Waals surface area contributed by atoms with Crippen LogP contribution in [0, 0.1) is 23.2 Å². The molecule has 0 radical (unpaired) electrons. The molecular formula is C16H28IN5O5. The number of carbonyl (C=O) groups excluding carboxylic acids is 2. The lowest BCUT2D eigenvalue weighted by atomic mass is 9.80. The van der Waals surface area contributed by atoms with Crippen molar-refractivity contribution in [1.29, 1.82) is 5.41 Å². The molecule has 0 aromatic rings. The second kappa shape index (κ2) is 10.5. The Morgan fingerprint density at radius 1 is 1.33 bits per heavy atom. The first-order valence-electron chi connectivity index (χ1n) is 8.83. The van der Waals surface area contributed by atoms with Crippen LogP contribution in [0.3, 0.4) is 0 Å². The maximum atomic E-state index is 11.9. The van der Waals surface area contributed by atoms with Gasteiger partial charge >= 0.3 is 12.1 Å². The molecule has 0 aromatic carbocycles. The number of guanidine groups is 1. The maximum absolute atomic E-state index is 11.9. The average molecular weight is 497 g/mol. The van der Waals surface area contributed by atoms with Gasteiger partial charge in [-0.1, -0.05) is 26.7 Å². The Kier molecular flexibility index (Phi) is 9.06. The highest BCUT2D eigenvalue weighted by Crippen LogP contribution is 2.40. The van der Waals surface area contributed by atoms with Crippen molar-refractivity contribution in [3.63, 3.8) is 0 Å². The number of carboxylic acid groups (broad SMARTS) is 1. The highest BCUT2D eigenvalue weighted by atomic mass is 127. The topological polar surface area (TPSA) is 167 Å². The van der Waals surface area contributed by atoms with Crippen LogP contribution in [0.15, 0.2) is 0 Å². The van der Waals surface area contributed by atoms with Gasteiger partial charge in [0.1, 0.15) is 6.10 Å². The van der Waals surface area contributed by atoms with Crippen LogP contribution in [0.2, 0.25) is 0 Å². The SMILES string of the molecule is CCC(CC)[C@@H](NC(C)=O)[C@@H]1[C@H](OC(=O)NI)[C@@H](C(=O)O)C[C@H]1NC(=N)N. The molecule has 154 valence electrons. The number of rotatable bonds is 8. The van der Waals surface area contributed by atoms with Crippen molar-refractivity contribution in [3.05, 3.63) is 0 Å². The summed E-state index contributed by atoms with van der Waals surface area (Å²) in [7, 11) is 0. The third-order valence-corrected chi connectivity index (χ3v) is 5.51. The van der Waals surface area contributed by atoms with E-state index in [4.69, 9.17) is 15.9 Å². The normalized spacial score (nSPS) is 25.5. The van der Waals surface area contributed by atoms with E-state index < -0.39 is 42.1 Å². The number of hydrogen-bond acceptors (Lipinski definition) is 5.